The molecule has 0 atom stereocenters. The summed E-state index contributed by atoms with van der Waals surface area (Å²) in [5, 5.41) is 5.91. The number of hydrogen-bond acceptors (Lipinski definition) is 2. The lowest BCUT2D eigenvalue weighted by Crippen LogP contribution is -2.44. The van der Waals surface area contributed by atoms with Gasteiger partial charge in [-0.25, -0.2) is 4.79 Å². The van der Waals surface area contributed by atoms with Gasteiger partial charge in [-0.1, -0.05) is 60.7 Å². The molecule has 1 fully saturated rings. The van der Waals surface area contributed by atoms with E-state index in [4.69, 9.17) is 0 Å². The molecule has 0 aliphatic carbocycles. The van der Waals surface area contributed by atoms with Gasteiger partial charge in [0.15, 0.2) is 0 Å². The van der Waals surface area contributed by atoms with Gasteiger partial charge in [-0.05, 0) is 43.0 Å². The molecule has 2 N–H and O–H groups in total. The SMILES string of the molecule is O=C(NCC1CCN(CC(F)(F)F)CC1)NC(c1ccccc1)c1ccccc1. The van der Waals surface area contributed by atoms with E-state index in [1.165, 1.54) is 4.90 Å². The Morgan fingerprint density at radius 3 is 1.97 bits per heavy atom. The van der Waals surface area contributed by atoms with Crippen molar-refractivity contribution in [1.82, 2.24) is 15.5 Å². The van der Waals surface area contributed by atoms with Crippen LogP contribution in [0.2, 0.25) is 0 Å². The molecular formula is C22H26F3N3O. The Morgan fingerprint density at radius 1 is 0.966 bits per heavy atom. The molecule has 1 saturated heterocycles. The third kappa shape index (κ3) is 6.78. The van der Waals surface area contributed by atoms with Crippen LogP contribution >= 0.6 is 0 Å². The van der Waals surface area contributed by atoms with Gasteiger partial charge in [0, 0.05) is 6.54 Å². The highest BCUT2D eigenvalue weighted by atomic mass is 19.4. The molecule has 1 aliphatic rings. The first-order chi connectivity index (χ1) is 13.9. The number of nitrogens with zero attached hydrogens (tertiary/aromatic N) is 1. The Hall–Kier alpha value is -2.54. The fraction of sp³-hybridized carbons (Fsp3) is 0.409. The topological polar surface area (TPSA) is 44.4 Å². The van der Waals surface area contributed by atoms with Gasteiger partial charge in [-0.3, -0.25) is 4.90 Å². The quantitative estimate of drug-likeness (QED) is 0.751. The van der Waals surface area contributed by atoms with Gasteiger partial charge in [0.05, 0.1) is 12.6 Å². The molecule has 29 heavy (non-hydrogen) atoms. The number of carbonyl (C=O) groups excluding carboxylic acids is 1. The van der Waals surface area contributed by atoms with E-state index in [0.29, 0.717) is 32.5 Å². The van der Waals surface area contributed by atoms with Gasteiger partial charge in [0.2, 0.25) is 0 Å². The lowest BCUT2D eigenvalue weighted by atomic mass is 9.96. The maximum Gasteiger partial charge on any atom is 0.401 e. The normalized spacial score (nSPS) is 16.0. The monoisotopic (exact) mass is 405 g/mol. The summed E-state index contributed by atoms with van der Waals surface area (Å²) < 4.78 is 37.5. The van der Waals surface area contributed by atoms with Crippen LogP contribution in [0.25, 0.3) is 0 Å². The van der Waals surface area contributed by atoms with E-state index in [1.54, 1.807) is 0 Å². The van der Waals surface area contributed by atoms with Crippen LogP contribution in [0.5, 0.6) is 0 Å². The number of alkyl halides is 3. The van der Waals surface area contributed by atoms with Crippen molar-refractivity contribution < 1.29 is 18.0 Å². The number of likely N-dealkylation sites (tertiary alicyclic amines) is 1. The van der Waals surface area contributed by atoms with E-state index >= 15 is 0 Å². The summed E-state index contributed by atoms with van der Waals surface area (Å²) in [6, 6.07) is 18.9. The Morgan fingerprint density at radius 2 is 1.48 bits per heavy atom. The predicted octanol–water partition coefficient (Wildman–Crippen LogP) is 4.35. The second kappa shape index (κ2) is 9.78. The van der Waals surface area contributed by atoms with Crippen LogP contribution in [0.4, 0.5) is 18.0 Å². The molecule has 4 nitrogen and oxygen atoms in total. The first-order valence-corrected chi connectivity index (χ1v) is 9.84. The van der Waals surface area contributed by atoms with Gasteiger partial charge < -0.3 is 10.6 Å². The number of amides is 2. The summed E-state index contributed by atoms with van der Waals surface area (Å²) in [6.07, 6.45) is -2.86. The van der Waals surface area contributed by atoms with Crippen LogP contribution in [0.15, 0.2) is 60.7 Å². The Bertz CT molecular complexity index is 720. The van der Waals surface area contributed by atoms with Crippen molar-refractivity contribution in [2.24, 2.45) is 5.92 Å². The number of nitrogens with one attached hydrogen (secondary N) is 2. The maximum atomic E-state index is 12.5. The van der Waals surface area contributed by atoms with Gasteiger partial charge in [0.1, 0.15) is 0 Å². The van der Waals surface area contributed by atoms with Crippen molar-refractivity contribution in [1.29, 1.82) is 0 Å². The van der Waals surface area contributed by atoms with Gasteiger partial charge in [-0.15, -0.1) is 0 Å². The van der Waals surface area contributed by atoms with Crippen LogP contribution < -0.4 is 10.6 Å². The number of hydrogen-bond donors (Lipinski definition) is 2. The Labute approximate surface area is 169 Å². The Kier molecular flexibility index (Phi) is 7.14. The summed E-state index contributed by atoms with van der Waals surface area (Å²) in [7, 11) is 0. The number of benzene rings is 2. The van der Waals surface area contributed by atoms with E-state index in [0.717, 1.165) is 11.1 Å². The maximum absolute atomic E-state index is 12.5. The van der Waals surface area contributed by atoms with Crippen molar-refractivity contribution >= 4 is 6.03 Å². The molecule has 156 valence electrons. The lowest BCUT2D eigenvalue weighted by Gasteiger charge is -2.32. The van der Waals surface area contributed by atoms with Crippen molar-refractivity contribution in [3.05, 3.63) is 71.8 Å². The number of piperidine rings is 1. The second-order valence-electron chi connectivity index (χ2n) is 7.44. The number of urea groups is 1. The fourth-order valence-corrected chi connectivity index (χ4v) is 3.67. The molecule has 1 aliphatic heterocycles. The third-order valence-electron chi connectivity index (χ3n) is 5.20. The molecule has 0 unspecified atom stereocenters. The molecule has 2 amide bonds. The summed E-state index contributed by atoms with van der Waals surface area (Å²) >= 11 is 0. The standard InChI is InChI=1S/C22H26F3N3O/c23-22(24,25)16-28-13-11-17(12-14-28)15-26-21(29)27-20(18-7-3-1-4-8-18)19-9-5-2-6-10-19/h1-10,17,20H,11-16H2,(H2,26,27,29). The van der Waals surface area contributed by atoms with Crippen molar-refractivity contribution in [3.63, 3.8) is 0 Å². The molecule has 2 aromatic rings. The van der Waals surface area contributed by atoms with Crippen LogP contribution in [0, 0.1) is 5.92 Å². The number of halogens is 3. The summed E-state index contributed by atoms with van der Waals surface area (Å²) in [5.74, 6) is 0.192. The van der Waals surface area contributed by atoms with E-state index < -0.39 is 12.7 Å². The largest absolute Gasteiger partial charge is 0.401 e. The van der Waals surface area contributed by atoms with E-state index in [9.17, 15) is 18.0 Å². The lowest BCUT2D eigenvalue weighted by molar-refractivity contribution is -0.148. The number of rotatable bonds is 6. The highest BCUT2D eigenvalue weighted by Crippen LogP contribution is 2.23. The molecule has 0 radical (unpaired) electrons. The van der Waals surface area contributed by atoms with Crippen LogP contribution in [-0.4, -0.2) is 43.3 Å². The molecule has 1 heterocycles. The summed E-state index contributed by atoms with van der Waals surface area (Å²) in [6.45, 7) is 0.416. The van der Waals surface area contributed by atoms with Crippen LogP contribution in [0.3, 0.4) is 0 Å². The zero-order valence-corrected chi connectivity index (χ0v) is 16.2. The first kappa shape index (κ1) is 21.2. The molecule has 0 aromatic heterocycles. The van der Waals surface area contributed by atoms with Crippen LogP contribution in [0.1, 0.15) is 30.0 Å². The van der Waals surface area contributed by atoms with E-state index in [2.05, 4.69) is 10.6 Å². The molecule has 7 heteroatoms. The zero-order valence-electron chi connectivity index (χ0n) is 16.2. The molecular weight excluding hydrogens is 379 g/mol. The average Bonchev–Trinajstić information content (AvgIpc) is 2.72. The molecule has 0 saturated carbocycles. The minimum Gasteiger partial charge on any atom is -0.338 e. The van der Waals surface area contributed by atoms with Gasteiger partial charge in [-0.2, -0.15) is 13.2 Å². The average molecular weight is 405 g/mol. The minimum atomic E-state index is -4.16. The zero-order chi connectivity index (χ0) is 20.7. The smallest absolute Gasteiger partial charge is 0.338 e. The molecule has 0 spiro atoms. The molecule has 3 rings (SSSR count). The van der Waals surface area contributed by atoms with E-state index in [1.807, 2.05) is 60.7 Å². The minimum absolute atomic E-state index is 0.192. The van der Waals surface area contributed by atoms with E-state index in [-0.39, 0.29) is 18.0 Å². The van der Waals surface area contributed by atoms with Crippen molar-refractivity contribution in [2.45, 2.75) is 25.1 Å². The second-order valence-corrected chi connectivity index (χ2v) is 7.44. The highest BCUT2D eigenvalue weighted by molar-refractivity contribution is 5.75. The van der Waals surface area contributed by atoms with Crippen molar-refractivity contribution in [3.8, 4) is 0 Å². The van der Waals surface area contributed by atoms with Crippen molar-refractivity contribution in [2.75, 3.05) is 26.2 Å². The molecule has 0 bridgehead atoms. The highest BCUT2D eigenvalue weighted by Gasteiger charge is 2.32. The number of carbonyl (C=O) groups is 1. The van der Waals surface area contributed by atoms with Gasteiger partial charge in [0.25, 0.3) is 0 Å². The Balaban J connectivity index is 1.51. The van der Waals surface area contributed by atoms with Gasteiger partial charge >= 0.3 is 12.2 Å². The third-order valence-corrected chi connectivity index (χ3v) is 5.20. The van der Waals surface area contributed by atoms with Crippen LogP contribution in [-0.2, 0) is 0 Å². The summed E-state index contributed by atoms with van der Waals surface area (Å²) in [5.41, 5.74) is 1.96. The first-order valence-electron chi connectivity index (χ1n) is 9.84. The summed E-state index contributed by atoms with van der Waals surface area (Å²) in [4.78, 5) is 13.9. The molecule has 2 aromatic carbocycles. The predicted molar refractivity (Wildman–Crippen MR) is 106 cm³/mol. The fourth-order valence-electron chi connectivity index (χ4n) is 3.67.